The van der Waals surface area contributed by atoms with E-state index < -0.39 is 69.9 Å². The summed E-state index contributed by atoms with van der Waals surface area (Å²) < 4.78 is 165. The largest absolute Gasteiger partial charge is 0.417 e. The third-order valence-electron chi connectivity index (χ3n) is 7.47. The van der Waals surface area contributed by atoms with Gasteiger partial charge in [-0.2, -0.15) is 52.7 Å². The Bertz CT molecular complexity index is 2120. The molecule has 0 radical (unpaired) electrons. The fraction of sp³-hybridized carbons (Fsp3) is 0.114. The van der Waals surface area contributed by atoms with Crippen LogP contribution in [-0.2, 0) is 24.7 Å². The minimum absolute atomic E-state index is 0.0614. The van der Waals surface area contributed by atoms with E-state index in [4.69, 9.17) is 0 Å². The van der Waals surface area contributed by atoms with Crippen molar-refractivity contribution in [3.63, 3.8) is 0 Å². The number of halogens is 12. The summed E-state index contributed by atoms with van der Waals surface area (Å²) in [5.41, 5.74) is -5.65. The SMILES string of the molecule is O=C(Nc1ccc(-c2cc(C(F)(F)F)ccc2C(F)(F)F)cc1)c1ccno1.O=C(Nc1ccc(-c2cc(C(F)(F)F)ccc2C(F)(F)F)cc1)c1csnn1. The molecule has 8 nitrogen and oxygen atoms in total. The van der Waals surface area contributed by atoms with Gasteiger partial charge in [0.15, 0.2) is 5.69 Å². The molecule has 0 fully saturated rings. The van der Waals surface area contributed by atoms with E-state index in [9.17, 15) is 62.3 Å². The summed E-state index contributed by atoms with van der Waals surface area (Å²) in [6.07, 6.45) is -18.0. The molecule has 292 valence electrons. The second kappa shape index (κ2) is 15.8. The van der Waals surface area contributed by atoms with Crippen LogP contribution in [0.4, 0.5) is 64.1 Å². The molecule has 6 aromatic rings. The smallest absolute Gasteiger partial charge is 0.351 e. The Labute approximate surface area is 309 Å². The third-order valence-corrected chi connectivity index (χ3v) is 7.97. The highest BCUT2D eigenvalue weighted by Gasteiger charge is 2.38. The number of benzene rings is 4. The number of anilines is 2. The van der Waals surface area contributed by atoms with Crippen molar-refractivity contribution in [2.75, 3.05) is 10.6 Å². The van der Waals surface area contributed by atoms with Crippen molar-refractivity contribution >= 4 is 34.7 Å². The Balaban J connectivity index is 0.000000214. The van der Waals surface area contributed by atoms with Gasteiger partial charge in [0, 0.05) is 22.8 Å². The van der Waals surface area contributed by atoms with Gasteiger partial charge in [-0.3, -0.25) is 9.59 Å². The Morgan fingerprint density at radius 1 is 0.554 bits per heavy atom. The predicted molar refractivity (Wildman–Crippen MR) is 176 cm³/mol. The maximum Gasteiger partial charge on any atom is 0.417 e. The molecule has 56 heavy (non-hydrogen) atoms. The maximum atomic E-state index is 13.2. The van der Waals surface area contributed by atoms with Crippen molar-refractivity contribution in [1.29, 1.82) is 0 Å². The van der Waals surface area contributed by atoms with Crippen molar-refractivity contribution in [3.05, 3.63) is 136 Å². The van der Waals surface area contributed by atoms with Gasteiger partial charge in [-0.05, 0) is 94.4 Å². The molecule has 2 aromatic heterocycles. The molecular weight excluding hydrogens is 798 g/mol. The second-order valence-electron chi connectivity index (χ2n) is 11.2. The van der Waals surface area contributed by atoms with E-state index in [-0.39, 0.29) is 34.0 Å². The topological polar surface area (TPSA) is 110 Å². The first-order valence-corrected chi connectivity index (χ1v) is 16.0. The summed E-state index contributed by atoms with van der Waals surface area (Å²) in [4.78, 5) is 23.7. The van der Waals surface area contributed by atoms with Gasteiger partial charge in [-0.1, -0.05) is 33.9 Å². The fourth-order valence-electron chi connectivity index (χ4n) is 4.86. The Morgan fingerprint density at radius 3 is 1.36 bits per heavy atom. The molecule has 0 saturated heterocycles. The average Bonchev–Trinajstić information content (AvgIpc) is 3.87. The highest BCUT2D eigenvalue weighted by Crippen LogP contribution is 2.42. The van der Waals surface area contributed by atoms with Gasteiger partial charge >= 0.3 is 24.7 Å². The molecular formula is C35H19F12N5O3S. The van der Waals surface area contributed by atoms with E-state index in [2.05, 4.69) is 29.9 Å². The summed E-state index contributed by atoms with van der Waals surface area (Å²) in [7, 11) is 0. The van der Waals surface area contributed by atoms with E-state index >= 15 is 0 Å². The minimum Gasteiger partial charge on any atom is -0.351 e. The van der Waals surface area contributed by atoms with Gasteiger partial charge in [0.05, 0.1) is 28.5 Å². The van der Waals surface area contributed by atoms with E-state index in [1.165, 1.54) is 66.2 Å². The summed E-state index contributed by atoms with van der Waals surface area (Å²) in [6, 6.07) is 13.7. The fourth-order valence-corrected chi connectivity index (χ4v) is 5.30. The van der Waals surface area contributed by atoms with Crippen LogP contribution in [0.2, 0.25) is 0 Å². The molecule has 0 aliphatic carbocycles. The number of alkyl halides is 12. The molecule has 0 aliphatic rings. The standard InChI is InChI=1S/C18H10F6N2O2.C17H9F6N3OS/c19-17(20,21)11-3-6-14(18(22,23)24)13(9-11)10-1-4-12(5-2-10)26-16(27)15-7-8-25-28-15;18-16(19,20)10-3-6-13(17(21,22)23)12(7-10)9-1-4-11(5-2-9)24-15(27)14-8-28-26-25-14/h1-9H,(H,26,27);1-8H,(H,24,27). The van der Waals surface area contributed by atoms with E-state index in [1.54, 1.807) is 0 Å². The molecule has 21 heteroatoms. The zero-order valence-corrected chi connectivity index (χ0v) is 28.1. The van der Waals surface area contributed by atoms with Crippen molar-refractivity contribution in [3.8, 4) is 22.3 Å². The lowest BCUT2D eigenvalue weighted by atomic mass is 9.96. The molecule has 0 unspecified atom stereocenters. The zero-order chi connectivity index (χ0) is 41.1. The molecule has 6 rings (SSSR count). The average molecular weight is 818 g/mol. The molecule has 4 aromatic carbocycles. The summed E-state index contributed by atoms with van der Waals surface area (Å²) in [5, 5.41) is 13.2. The van der Waals surface area contributed by atoms with Gasteiger partial charge < -0.3 is 15.2 Å². The number of aromatic nitrogens is 3. The molecule has 0 saturated carbocycles. The van der Waals surface area contributed by atoms with Crippen LogP contribution in [0.15, 0.2) is 107 Å². The number of hydrogen-bond acceptors (Lipinski definition) is 7. The first-order valence-electron chi connectivity index (χ1n) is 15.2. The molecule has 0 spiro atoms. The summed E-state index contributed by atoms with van der Waals surface area (Å²) in [5.74, 6) is -1.29. The van der Waals surface area contributed by atoms with Crippen molar-refractivity contribution < 1.29 is 66.8 Å². The number of hydrogen-bond donors (Lipinski definition) is 2. The van der Waals surface area contributed by atoms with Crippen molar-refractivity contribution in [2.45, 2.75) is 24.7 Å². The number of amides is 2. The number of rotatable bonds is 6. The summed E-state index contributed by atoms with van der Waals surface area (Å²) in [6.45, 7) is 0. The lowest BCUT2D eigenvalue weighted by Crippen LogP contribution is -2.12. The van der Waals surface area contributed by atoms with Crippen molar-refractivity contribution in [1.82, 2.24) is 14.7 Å². The highest BCUT2D eigenvalue weighted by atomic mass is 32.1. The maximum absolute atomic E-state index is 13.2. The molecule has 0 atom stereocenters. The van der Waals surface area contributed by atoms with Crippen LogP contribution in [-0.4, -0.2) is 26.6 Å². The van der Waals surface area contributed by atoms with E-state index in [0.717, 1.165) is 11.5 Å². The Morgan fingerprint density at radius 2 is 1.00 bits per heavy atom. The normalized spacial score (nSPS) is 12.1. The Kier molecular flexibility index (Phi) is 11.6. The Hall–Kier alpha value is -6.25. The van der Waals surface area contributed by atoms with Gasteiger partial charge in [0.1, 0.15) is 0 Å². The minimum atomic E-state index is -4.83. The summed E-state index contributed by atoms with van der Waals surface area (Å²) >= 11 is 0.965. The van der Waals surface area contributed by atoms with Crippen LogP contribution in [0, 0.1) is 0 Å². The molecule has 2 N–H and O–H groups in total. The molecule has 0 bridgehead atoms. The molecule has 0 aliphatic heterocycles. The lowest BCUT2D eigenvalue weighted by Gasteiger charge is -2.16. The van der Waals surface area contributed by atoms with E-state index in [1.807, 2.05) is 0 Å². The number of carbonyl (C=O) groups excluding carboxylic acids is 2. The first-order chi connectivity index (χ1) is 26.1. The quantitative estimate of drug-likeness (QED) is 0.162. The zero-order valence-electron chi connectivity index (χ0n) is 27.3. The van der Waals surface area contributed by atoms with Gasteiger partial charge in [-0.25, -0.2) is 0 Å². The third kappa shape index (κ3) is 10.1. The number of nitrogens with zero attached hydrogens (tertiary/aromatic N) is 3. The number of carbonyl (C=O) groups is 2. The van der Waals surface area contributed by atoms with Crippen LogP contribution >= 0.6 is 11.5 Å². The van der Waals surface area contributed by atoms with Gasteiger partial charge in [0.2, 0.25) is 5.76 Å². The van der Waals surface area contributed by atoms with Gasteiger partial charge in [-0.15, -0.1) is 5.10 Å². The number of nitrogens with one attached hydrogen (secondary N) is 2. The monoisotopic (exact) mass is 817 g/mol. The molecule has 2 heterocycles. The lowest BCUT2D eigenvalue weighted by molar-refractivity contribution is -0.141. The highest BCUT2D eigenvalue weighted by molar-refractivity contribution is 7.03. The van der Waals surface area contributed by atoms with Crippen LogP contribution in [0.3, 0.4) is 0 Å². The van der Waals surface area contributed by atoms with E-state index in [0.29, 0.717) is 36.4 Å². The predicted octanol–water partition coefficient (Wildman–Crippen LogP) is 11.1. The first kappa shape index (κ1) is 40.9. The van der Waals surface area contributed by atoms with Crippen LogP contribution in [0.25, 0.3) is 22.3 Å². The van der Waals surface area contributed by atoms with Crippen LogP contribution in [0.1, 0.15) is 43.3 Å². The van der Waals surface area contributed by atoms with Crippen LogP contribution < -0.4 is 10.6 Å². The van der Waals surface area contributed by atoms with Gasteiger partial charge in [0.25, 0.3) is 11.8 Å². The second-order valence-corrected chi connectivity index (χ2v) is 11.9. The molecule has 2 amide bonds. The van der Waals surface area contributed by atoms with Crippen LogP contribution in [0.5, 0.6) is 0 Å². The van der Waals surface area contributed by atoms with Crippen molar-refractivity contribution in [2.24, 2.45) is 0 Å².